The second-order valence-electron chi connectivity index (χ2n) is 2.81. The minimum Gasteiger partial charge on any atom is -0.367 e. The first kappa shape index (κ1) is 11.9. The van der Waals surface area contributed by atoms with Gasteiger partial charge in [0.2, 0.25) is 0 Å². The van der Waals surface area contributed by atoms with Crippen LogP contribution in [-0.2, 0) is 16.1 Å². The number of hydrazine groups is 1. The van der Waals surface area contributed by atoms with Gasteiger partial charge in [0.1, 0.15) is 12.4 Å². The summed E-state index contributed by atoms with van der Waals surface area (Å²) in [5.74, 6) is 3.93. The van der Waals surface area contributed by atoms with Crippen molar-refractivity contribution in [3.05, 3.63) is 34.6 Å². The molecule has 0 spiro atoms. The van der Waals surface area contributed by atoms with Crippen LogP contribution in [0.2, 0.25) is 5.02 Å². The van der Waals surface area contributed by atoms with Gasteiger partial charge in [-0.15, -0.1) is 0 Å². The number of hydrogen-bond donors (Lipinski definition) is 2. The molecule has 1 aromatic rings. The average molecular weight is 233 g/mol. The third kappa shape index (κ3) is 3.83. The molecule has 0 aliphatic rings. The summed E-state index contributed by atoms with van der Waals surface area (Å²) in [6, 6.07) is 4.21. The second-order valence-corrected chi connectivity index (χ2v) is 3.22. The highest BCUT2D eigenvalue weighted by atomic mass is 35.5. The zero-order valence-corrected chi connectivity index (χ0v) is 8.55. The molecule has 1 amide bonds. The van der Waals surface area contributed by atoms with Crippen LogP contribution in [0.1, 0.15) is 5.56 Å². The van der Waals surface area contributed by atoms with Gasteiger partial charge in [-0.2, -0.15) is 0 Å². The van der Waals surface area contributed by atoms with Crippen LogP contribution >= 0.6 is 11.6 Å². The molecular formula is C9H10ClFN2O2. The van der Waals surface area contributed by atoms with E-state index >= 15 is 0 Å². The summed E-state index contributed by atoms with van der Waals surface area (Å²) < 4.78 is 17.7. The molecule has 1 rings (SSSR count). The van der Waals surface area contributed by atoms with Gasteiger partial charge in [-0.1, -0.05) is 17.7 Å². The zero-order valence-electron chi connectivity index (χ0n) is 7.80. The maximum Gasteiger partial charge on any atom is 0.259 e. The fourth-order valence-electron chi connectivity index (χ4n) is 0.933. The molecule has 3 N–H and O–H groups in total. The fourth-order valence-corrected chi connectivity index (χ4v) is 1.14. The quantitative estimate of drug-likeness (QED) is 0.462. The third-order valence-electron chi connectivity index (χ3n) is 1.65. The second kappa shape index (κ2) is 5.65. The summed E-state index contributed by atoms with van der Waals surface area (Å²) >= 11 is 5.55. The maximum atomic E-state index is 12.8. The lowest BCUT2D eigenvalue weighted by molar-refractivity contribution is -0.126. The lowest BCUT2D eigenvalue weighted by Crippen LogP contribution is -2.33. The Morgan fingerprint density at radius 1 is 1.60 bits per heavy atom. The number of halogens is 2. The van der Waals surface area contributed by atoms with E-state index in [1.807, 2.05) is 5.43 Å². The summed E-state index contributed by atoms with van der Waals surface area (Å²) in [6.45, 7) is 0.0267. The van der Waals surface area contributed by atoms with E-state index < -0.39 is 11.7 Å². The van der Waals surface area contributed by atoms with Crippen LogP contribution in [0.5, 0.6) is 0 Å². The monoisotopic (exact) mass is 232 g/mol. The van der Waals surface area contributed by atoms with Gasteiger partial charge in [0.05, 0.1) is 11.6 Å². The van der Waals surface area contributed by atoms with Gasteiger partial charge >= 0.3 is 0 Å². The van der Waals surface area contributed by atoms with Gasteiger partial charge in [0, 0.05) is 0 Å². The van der Waals surface area contributed by atoms with Gasteiger partial charge in [0.25, 0.3) is 5.91 Å². The number of carbonyl (C=O) groups is 1. The summed E-state index contributed by atoms with van der Waals surface area (Å²) in [5, 5.41) is 0.0272. The topological polar surface area (TPSA) is 64.3 Å². The molecule has 0 saturated heterocycles. The van der Waals surface area contributed by atoms with Crippen molar-refractivity contribution >= 4 is 17.5 Å². The molecule has 0 atom stereocenters. The molecular weight excluding hydrogens is 223 g/mol. The number of nitrogens with one attached hydrogen (secondary N) is 1. The summed E-state index contributed by atoms with van der Waals surface area (Å²) in [4.78, 5) is 10.7. The van der Waals surface area contributed by atoms with E-state index in [0.29, 0.717) is 5.56 Å². The molecule has 1 aromatic carbocycles. The Balaban J connectivity index is 2.44. The van der Waals surface area contributed by atoms with E-state index in [-0.39, 0.29) is 18.2 Å². The number of carbonyl (C=O) groups excluding carboxylic acids is 1. The van der Waals surface area contributed by atoms with E-state index in [0.717, 1.165) is 0 Å². The van der Waals surface area contributed by atoms with Crippen LogP contribution in [0.25, 0.3) is 0 Å². The predicted molar refractivity (Wildman–Crippen MR) is 53.4 cm³/mol. The van der Waals surface area contributed by atoms with Crippen LogP contribution in [0, 0.1) is 5.82 Å². The van der Waals surface area contributed by atoms with Crippen LogP contribution < -0.4 is 11.3 Å². The van der Waals surface area contributed by atoms with Crippen molar-refractivity contribution in [3.8, 4) is 0 Å². The first-order valence-corrected chi connectivity index (χ1v) is 4.52. The molecule has 0 heterocycles. The molecule has 4 nitrogen and oxygen atoms in total. The van der Waals surface area contributed by atoms with Crippen molar-refractivity contribution in [2.24, 2.45) is 5.84 Å². The molecule has 0 radical (unpaired) electrons. The van der Waals surface area contributed by atoms with Crippen molar-refractivity contribution in [2.45, 2.75) is 6.61 Å². The SMILES string of the molecule is NNC(=O)COCc1ccc(F)c(Cl)c1. The molecule has 0 bridgehead atoms. The largest absolute Gasteiger partial charge is 0.367 e. The summed E-state index contributed by atoms with van der Waals surface area (Å²) in [7, 11) is 0. The lowest BCUT2D eigenvalue weighted by Gasteiger charge is -2.04. The zero-order chi connectivity index (χ0) is 11.3. The highest BCUT2D eigenvalue weighted by molar-refractivity contribution is 6.30. The Hall–Kier alpha value is -1.17. The van der Waals surface area contributed by atoms with E-state index in [9.17, 15) is 9.18 Å². The molecule has 82 valence electrons. The molecule has 0 aromatic heterocycles. The van der Waals surface area contributed by atoms with Gasteiger partial charge in [-0.05, 0) is 17.7 Å². The van der Waals surface area contributed by atoms with E-state index in [1.165, 1.54) is 18.2 Å². The molecule has 0 aliphatic heterocycles. The van der Waals surface area contributed by atoms with Crippen molar-refractivity contribution < 1.29 is 13.9 Å². The number of benzene rings is 1. The van der Waals surface area contributed by atoms with E-state index in [4.69, 9.17) is 22.2 Å². The third-order valence-corrected chi connectivity index (χ3v) is 1.94. The Morgan fingerprint density at radius 3 is 2.93 bits per heavy atom. The number of nitrogens with two attached hydrogens (primary N) is 1. The minimum absolute atomic E-state index is 0.0272. The molecule has 15 heavy (non-hydrogen) atoms. The van der Waals surface area contributed by atoms with Crippen molar-refractivity contribution in [1.82, 2.24) is 5.43 Å². The fraction of sp³-hybridized carbons (Fsp3) is 0.222. The number of ether oxygens (including phenoxy) is 1. The summed E-state index contributed by atoms with van der Waals surface area (Å²) in [5.41, 5.74) is 2.61. The molecule has 6 heteroatoms. The molecule has 0 aliphatic carbocycles. The standard InChI is InChI=1S/C9H10ClFN2O2/c10-7-3-6(1-2-8(7)11)4-15-5-9(14)13-12/h1-3H,4-5,12H2,(H,13,14). The van der Waals surface area contributed by atoms with Gasteiger partial charge < -0.3 is 4.74 Å². The first-order valence-electron chi connectivity index (χ1n) is 4.14. The normalized spacial score (nSPS) is 10.1. The van der Waals surface area contributed by atoms with Crippen LogP contribution in [0.15, 0.2) is 18.2 Å². The Labute approximate surface area is 91.1 Å². The molecule has 0 unspecified atom stereocenters. The van der Waals surface area contributed by atoms with Crippen molar-refractivity contribution in [3.63, 3.8) is 0 Å². The van der Waals surface area contributed by atoms with Gasteiger partial charge in [-0.25, -0.2) is 10.2 Å². The first-order chi connectivity index (χ1) is 7.13. The number of rotatable bonds is 4. The Morgan fingerprint density at radius 2 is 2.33 bits per heavy atom. The van der Waals surface area contributed by atoms with Crippen LogP contribution in [0.4, 0.5) is 4.39 Å². The van der Waals surface area contributed by atoms with Gasteiger partial charge in [0.15, 0.2) is 0 Å². The number of hydrogen-bond acceptors (Lipinski definition) is 3. The smallest absolute Gasteiger partial charge is 0.259 e. The Kier molecular flexibility index (Phi) is 4.48. The lowest BCUT2D eigenvalue weighted by atomic mass is 10.2. The molecule has 0 fully saturated rings. The van der Waals surface area contributed by atoms with Gasteiger partial charge in [-0.3, -0.25) is 10.2 Å². The average Bonchev–Trinajstić information content (AvgIpc) is 2.23. The van der Waals surface area contributed by atoms with Crippen LogP contribution in [-0.4, -0.2) is 12.5 Å². The van der Waals surface area contributed by atoms with E-state index in [1.54, 1.807) is 0 Å². The predicted octanol–water partition coefficient (Wildman–Crippen LogP) is 0.986. The van der Waals surface area contributed by atoms with E-state index in [2.05, 4.69) is 0 Å². The highest BCUT2D eigenvalue weighted by Crippen LogP contribution is 2.16. The Bertz CT molecular complexity index is 360. The minimum atomic E-state index is -0.486. The van der Waals surface area contributed by atoms with Crippen molar-refractivity contribution in [1.29, 1.82) is 0 Å². The summed E-state index contributed by atoms with van der Waals surface area (Å²) in [6.07, 6.45) is 0. The highest BCUT2D eigenvalue weighted by Gasteiger charge is 2.02. The maximum absolute atomic E-state index is 12.8. The number of amides is 1. The molecule has 0 saturated carbocycles. The van der Waals surface area contributed by atoms with Crippen molar-refractivity contribution in [2.75, 3.05) is 6.61 Å². The van der Waals surface area contributed by atoms with Crippen LogP contribution in [0.3, 0.4) is 0 Å².